The molecule has 0 spiro atoms. The average molecular weight is 151 g/mol. The molecule has 0 aromatic carbocycles. The van der Waals surface area contributed by atoms with Gasteiger partial charge in [0.1, 0.15) is 0 Å². The Balaban J connectivity index is 2.17. The highest BCUT2D eigenvalue weighted by Gasteiger charge is 2.31. The molecule has 1 saturated carbocycles. The second-order valence-electron chi connectivity index (χ2n) is 3.05. The lowest BCUT2D eigenvalue weighted by atomic mass is 9.80. The number of nitrogens with one attached hydrogen (secondary N) is 1. The molecular weight excluding hydrogens is 142 g/mol. The van der Waals surface area contributed by atoms with Crippen LogP contribution >= 0.6 is 0 Å². The molecule has 0 bridgehead atoms. The summed E-state index contributed by atoms with van der Waals surface area (Å²) in [5.41, 5.74) is 0.696. The van der Waals surface area contributed by atoms with Crippen LogP contribution in [0.2, 0.25) is 0 Å². The third kappa shape index (κ3) is 0.964. The van der Waals surface area contributed by atoms with Gasteiger partial charge in [0.2, 0.25) is 0 Å². The molecule has 1 heterocycles. The van der Waals surface area contributed by atoms with Crippen molar-refractivity contribution in [3.63, 3.8) is 0 Å². The highest BCUT2D eigenvalue weighted by Crippen LogP contribution is 2.34. The molecule has 1 fully saturated rings. The van der Waals surface area contributed by atoms with Crippen LogP contribution in [0.4, 0.5) is 0 Å². The van der Waals surface area contributed by atoms with E-state index in [1.807, 2.05) is 0 Å². The molecule has 58 valence electrons. The predicted octanol–water partition coefficient (Wildman–Crippen LogP) is 0.369. The number of hydrogen-bond donors (Lipinski definition) is 1. The van der Waals surface area contributed by atoms with Crippen molar-refractivity contribution < 1.29 is 9.59 Å². The molecule has 0 saturated heterocycles. The maximum Gasteiger partial charge on any atom is 0.254 e. The summed E-state index contributed by atoms with van der Waals surface area (Å²) in [7, 11) is 0. The van der Waals surface area contributed by atoms with Crippen LogP contribution in [-0.2, 0) is 9.59 Å². The quantitative estimate of drug-likeness (QED) is 0.550. The van der Waals surface area contributed by atoms with Gasteiger partial charge in [0.05, 0.1) is 0 Å². The minimum absolute atomic E-state index is 0.181. The highest BCUT2D eigenvalue weighted by atomic mass is 16.2. The monoisotopic (exact) mass is 151 g/mol. The minimum atomic E-state index is -0.253. The lowest BCUT2D eigenvalue weighted by Gasteiger charge is -2.24. The van der Waals surface area contributed by atoms with Crippen LogP contribution in [-0.4, -0.2) is 11.8 Å². The van der Waals surface area contributed by atoms with E-state index in [4.69, 9.17) is 0 Å². The fraction of sp³-hybridized carbons (Fsp3) is 0.500. The third-order valence-corrected chi connectivity index (χ3v) is 2.33. The van der Waals surface area contributed by atoms with Crippen LogP contribution in [0.1, 0.15) is 19.3 Å². The van der Waals surface area contributed by atoms with Gasteiger partial charge in [-0.05, 0) is 18.8 Å². The Hall–Kier alpha value is -1.12. The lowest BCUT2D eigenvalue weighted by Crippen LogP contribution is -2.26. The summed E-state index contributed by atoms with van der Waals surface area (Å²) in [5, 5.41) is 2.25. The van der Waals surface area contributed by atoms with E-state index in [0.29, 0.717) is 11.5 Å². The molecule has 1 aliphatic heterocycles. The van der Waals surface area contributed by atoms with Gasteiger partial charge in [-0.2, -0.15) is 0 Å². The van der Waals surface area contributed by atoms with Crippen LogP contribution in [0, 0.1) is 5.92 Å². The van der Waals surface area contributed by atoms with Gasteiger partial charge >= 0.3 is 0 Å². The van der Waals surface area contributed by atoms with E-state index in [2.05, 4.69) is 5.32 Å². The average Bonchev–Trinajstić information content (AvgIpc) is 2.07. The Morgan fingerprint density at radius 1 is 1.36 bits per heavy atom. The van der Waals surface area contributed by atoms with E-state index in [1.165, 1.54) is 12.5 Å². The van der Waals surface area contributed by atoms with E-state index in [-0.39, 0.29) is 11.8 Å². The Kier molecular flexibility index (Phi) is 1.31. The maximum atomic E-state index is 11.0. The molecule has 11 heavy (non-hydrogen) atoms. The van der Waals surface area contributed by atoms with Gasteiger partial charge in [-0.25, -0.2) is 0 Å². The molecule has 3 heteroatoms. The molecule has 0 aromatic rings. The van der Waals surface area contributed by atoms with Gasteiger partial charge in [-0.3, -0.25) is 14.9 Å². The first-order chi connectivity index (χ1) is 5.27. The molecule has 2 amide bonds. The maximum absolute atomic E-state index is 11.0. The van der Waals surface area contributed by atoms with Crippen LogP contribution in [0.5, 0.6) is 0 Å². The number of rotatable bonds is 1. The summed E-state index contributed by atoms with van der Waals surface area (Å²) < 4.78 is 0. The lowest BCUT2D eigenvalue weighted by molar-refractivity contribution is -0.124. The van der Waals surface area contributed by atoms with Crippen molar-refractivity contribution in [3.05, 3.63) is 11.6 Å². The van der Waals surface area contributed by atoms with Crippen molar-refractivity contribution in [1.29, 1.82) is 0 Å². The zero-order valence-corrected chi connectivity index (χ0v) is 6.09. The summed E-state index contributed by atoms with van der Waals surface area (Å²) in [6.45, 7) is 0. The molecule has 0 aromatic heterocycles. The van der Waals surface area contributed by atoms with Gasteiger partial charge in [-0.1, -0.05) is 6.42 Å². The van der Waals surface area contributed by atoms with Crippen LogP contribution in [0.15, 0.2) is 11.6 Å². The number of imide groups is 1. The van der Waals surface area contributed by atoms with Crippen molar-refractivity contribution >= 4 is 11.8 Å². The minimum Gasteiger partial charge on any atom is -0.289 e. The van der Waals surface area contributed by atoms with Gasteiger partial charge in [0.15, 0.2) is 0 Å². The molecule has 3 nitrogen and oxygen atoms in total. The van der Waals surface area contributed by atoms with Crippen LogP contribution in [0.25, 0.3) is 0 Å². The number of carbonyl (C=O) groups is 2. The second-order valence-corrected chi connectivity index (χ2v) is 3.05. The van der Waals surface area contributed by atoms with E-state index < -0.39 is 0 Å². The van der Waals surface area contributed by atoms with Crippen molar-refractivity contribution in [1.82, 2.24) is 5.32 Å². The van der Waals surface area contributed by atoms with E-state index >= 15 is 0 Å². The SMILES string of the molecule is O=C1C=C(C2CCC2)C(=O)N1. The Bertz CT molecular complexity index is 251. The van der Waals surface area contributed by atoms with E-state index in [0.717, 1.165) is 12.8 Å². The standard InChI is InChI=1S/C8H9NO2/c10-7-4-6(8(11)9-7)5-2-1-3-5/h4-5H,1-3H2,(H,9,10,11). The largest absolute Gasteiger partial charge is 0.289 e. The molecule has 1 aliphatic carbocycles. The summed E-state index contributed by atoms with van der Waals surface area (Å²) >= 11 is 0. The Labute approximate surface area is 64.5 Å². The van der Waals surface area contributed by atoms with Crippen molar-refractivity contribution in [2.45, 2.75) is 19.3 Å². The molecule has 2 aliphatic rings. The van der Waals surface area contributed by atoms with Crippen LogP contribution in [0.3, 0.4) is 0 Å². The molecule has 2 rings (SSSR count). The van der Waals surface area contributed by atoms with Gasteiger partial charge < -0.3 is 0 Å². The smallest absolute Gasteiger partial charge is 0.254 e. The summed E-state index contributed by atoms with van der Waals surface area (Å²) in [4.78, 5) is 21.7. The fourth-order valence-corrected chi connectivity index (χ4v) is 1.45. The van der Waals surface area contributed by atoms with Gasteiger partial charge in [0, 0.05) is 11.6 Å². The normalized spacial score (nSPS) is 24.5. The number of carbonyl (C=O) groups excluding carboxylic acids is 2. The first-order valence-corrected chi connectivity index (χ1v) is 3.84. The predicted molar refractivity (Wildman–Crippen MR) is 38.6 cm³/mol. The van der Waals surface area contributed by atoms with E-state index in [9.17, 15) is 9.59 Å². The van der Waals surface area contributed by atoms with Gasteiger partial charge in [-0.15, -0.1) is 0 Å². The fourth-order valence-electron chi connectivity index (χ4n) is 1.45. The van der Waals surface area contributed by atoms with Crippen LogP contribution < -0.4 is 5.32 Å². The topological polar surface area (TPSA) is 46.2 Å². The second kappa shape index (κ2) is 2.19. The first-order valence-electron chi connectivity index (χ1n) is 3.84. The summed E-state index contributed by atoms with van der Waals surface area (Å²) in [5.74, 6) is -0.0712. The molecule has 0 unspecified atom stereocenters. The summed E-state index contributed by atoms with van der Waals surface area (Å²) in [6.07, 6.45) is 4.74. The zero-order valence-electron chi connectivity index (χ0n) is 6.09. The van der Waals surface area contributed by atoms with Crippen molar-refractivity contribution in [3.8, 4) is 0 Å². The van der Waals surface area contributed by atoms with E-state index in [1.54, 1.807) is 0 Å². The van der Waals surface area contributed by atoms with Gasteiger partial charge in [0.25, 0.3) is 11.8 Å². The molecular formula is C8H9NO2. The number of amides is 2. The zero-order chi connectivity index (χ0) is 7.84. The molecule has 1 N–H and O–H groups in total. The Morgan fingerprint density at radius 2 is 2.09 bits per heavy atom. The highest BCUT2D eigenvalue weighted by molar-refractivity contribution is 6.16. The van der Waals surface area contributed by atoms with Crippen molar-refractivity contribution in [2.24, 2.45) is 5.92 Å². The molecule has 0 atom stereocenters. The summed E-state index contributed by atoms with van der Waals surface area (Å²) in [6, 6.07) is 0. The third-order valence-electron chi connectivity index (χ3n) is 2.33. The number of hydrogen-bond acceptors (Lipinski definition) is 2. The Morgan fingerprint density at radius 3 is 2.45 bits per heavy atom. The first kappa shape index (κ1) is 6.58. The molecule has 0 radical (unpaired) electrons. The van der Waals surface area contributed by atoms with Crippen molar-refractivity contribution in [2.75, 3.05) is 0 Å².